The average molecular weight is 326 g/mol. The van der Waals surface area contributed by atoms with Crippen molar-refractivity contribution in [3.63, 3.8) is 0 Å². The summed E-state index contributed by atoms with van der Waals surface area (Å²) in [4.78, 5) is 9.40. The second kappa shape index (κ2) is 4.79. The molecule has 25 heavy (non-hydrogen) atoms. The van der Waals surface area contributed by atoms with Crippen LogP contribution in [0, 0.1) is 0 Å². The van der Waals surface area contributed by atoms with Gasteiger partial charge in [-0.1, -0.05) is 45.0 Å². The monoisotopic (exact) mass is 326 g/mol. The Balaban J connectivity index is 1.89. The molecule has 0 saturated carbocycles. The van der Waals surface area contributed by atoms with Crippen LogP contribution >= 0.6 is 0 Å². The maximum Gasteiger partial charge on any atom is 0.229 e. The second-order valence-electron chi connectivity index (χ2n) is 7.58. The molecule has 2 aromatic carbocycles. The van der Waals surface area contributed by atoms with Crippen LogP contribution in [0.3, 0.4) is 0 Å². The molecular weight excluding hydrogens is 308 g/mol. The lowest BCUT2D eigenvalue weighted by molar-refractivity contribution is 0.468. The van der Waals surface area contributed by atoms with E-state index in [9.17, 15) is 0 Å². The van der Waals surface area contributed by atoms with Crippen LogP contribution < -0.4 is 4.74 Å². The van der Waals surface area contributed by atoms with Crippen molar-refractivity contribution in [1.82, 2.24) is 9.97 Å². The van der Waals surface area contributed by atoms with Gasteiger partial charge < -0.3 is 4.74 Å². The molecule has 0 atom stereocenters. The molecule has 0 unspecified atom stereocenters. The minimum Gasteiger partial charge on any atom is -0.438 e. The minimum atomic E-state index is 0.0546. The molecule has 0 bridgehead atoms. The molecule has 122 valence electrons. The molecule has 0 N–H and O–H groups in total. The van der Waals surface area contributed by atoms with Crippen LogP contribution in [0.25, 0.3) is 32.9 Å². The molecule has 4 aromatic rings. The van der Waals surface area contributed by atoms with E-state index in [1.165, 1.54) is 10.9 Å². The van der Waals surface area contributed by atoms with Crippen molar-refractivity contribution in [1.29, 1.82) is 0 Å². The fourth-order valence-corrected chi connectivity index (χ4v) is 3.66. The summed E-state index contributed by atoms with van der Waals surface area (Å²) in [5.41, 5.74) is 4.21. The molecule has 1 aliphatic rings. The molecule has 0 fully saturated rings. The summed E-state index contributed by atoms with van der Waals surface area (Å²) < 4.78 is 6.17. The summed E-state index contributed by atoms with van der Waals surface area (Å²) in [7, 11) is 0. The molecule has 0 saturated heterocycles. The molecule has 0 spiro atoms. The van der Waals surface area contributed by atoms with Gasteiger partial charge in [-0.3, -0.25) is 4.98 Å². The van der Waals surface area contributed by atoms with Crippen molar-refractivity contribution < 1.29 is 4.74 Å². The van der Waals surface area contributed by atoms with E-state index in [4.69, 9.17) is 9.72 Å². The van der Waals surface area contributed by atoms with Crippen LogP contribution in [0.4, 0.5) is 0 Å². The molecular formula is C22H18N2O. The van der Waals surface area contributed by atoms with Gasteiger partial charge in [0.2, 0.25) is 5.88 Å². The first-order valence-corrected chi connectivity index (χ1v) is 8.52. The van der Waals surface area contributed by atoms with Gasteiger partial charge in [0.25, 0.3) is 0 Å². The first kappa shape index (κ1) is 14.4. The normalized spacial score (nSPS) is 12.9. The highest BCUT2D eigenvalue weighted by Crippen LogP contribution is 2.47. The van der Waals surface area contributed by atoms with Gasteiger partial charge in [0.05, 0.1) is 22.2 Å². The van der Waals surface area contributed by atoms with Crippen LogP contribution in [0.5, 0.6) is 11.6 Å². The van der Waals surface area contributed by atoms with Gasteiger partial charge in [0.15, 0.2) is 0 Å². The van der Waals surface area contributed by atoms with Gasteiger partial charge >= 0.3 is 0 Å². The molecule has 0 radical (unpaired) electrons. The lowest BCUT2D eigenvalue weighted by atomic mass is 9.83. The predicted octanol–water partition coefficient (Wildman–Crippen LogP) is 5.85. The van der Waals surface area contributed by atoms with Crippen molar-refractivity contribution in [3.8, 4) is 22.9 Å². The number of benzene rings is 2. The number of pyridine rings is 2. The van der Waals surface area contributed by atoms with Gasteiger partial charge in [-0.25, -0.2) is 4.98 Å². The number of aromatic nitrogens is 2. The Morgan fingerprint density at radius 3 is 2.64 bits per heavy atom. The summed E-state index contributed by atoms with van der Waals surface area (Å²) in [6, 6.07) is 16.5. The third kappa shape index (κ3) is 2.05. The summed E-state index contributed by atoms with van der Waals surface area (Å²) in [6.45, 7) is 6.70. The second-order valence-corrected chi connectivity index (χ2v) is 7.58. The highest BCUT2D eigenvalue weighted by molar-refractivity contribution is 6.05. The third-order valence-electron chi connectivity index (χ3n) is 4.85. The quantitative estimate of drug-likeness (QED) is 0.358. The van der Waals surface area contributed by atoms with Gasteiger partial charge in [-0.2, -0.15) is 0 Å². The van der Waals surface area contributed by atoms with Gasteiger partial charge in [-0.15, -0.1) is 0 Å². The van der Waals surface area contributed by atoms with E-state index in [1.807, 2.05) is 30.5 Å². The molecule has 5 rings (SSSR count). The SMILES string of the molecule is CC(C)(C)c1ccc2c3c(nccc13)-c1cc3ccccc3nc1O2. The van der Waals surface area contributed by atoms with Crippen LogP contribution in [-0.4, -0.2) is 9.97 Å². The van der Waals surface area contributed by atoms with Gasteiger partial charge in [-0.05, 0) is 40.6 Å². The number of hydrogen-bond donors (Lipinski definition) is 0. The maximum absolute atomic E-state index is 6.17. The molecule has 1 aliphatic heterocycles. The highest BCUT2D eigenvalue weighted by Gasteiger charge is 2.26. The van der Waals surface area contributed by atoms with Crippen molar-refractivity contribution in [2.45, 2.75) is 26.2 Å². The van der Waals surface area contributed by atoms with Crippen LogP contribution in [0.1, 0.15) is 26.3 Å². The zero-order chi connectivity index (χ0) is 17.2. The van der Waals surface area contributed by atoms with Crippen molar-refractivity contribution in [2.24, 2.45) is 0 Å². The first-order chi connectivity index (χ1) is 12.0. The first-order valence-electron chi connectivity index (χ1n) is 8.52. The summed E-state index contributed by atoms with van der Waals surface area (Å²) >= 11 is 0. The van der Waals surface area contributed by atoms with E-state index in [0.29, 0.717) is 5.88 Å². The number of para-hydroxylation sites is 1. The van der Waals surface area contributed by atoms with E-state index in [-0.39, 0.29) is 5.41 Å². The van der Waals surface area contributed by atoms with Crippen molar-refractivity contribution >= 4 is 21.7 Å². The molecule has 0 aliphatic carbocycles. The summed E-state index contributed by atoms with van der Waals surface area (Å²) in [5, 5.41) is 3.38. The Morgan fingerprint density at radius 2 is 1.80 bits per heavy atom. The zero-order valence-electron chi connectivity index (χ0n) is 14.5. The lowest BCUT2D eigenvalue weighted by Gasteiger charge is -2.25. The summed E-state index contributed by atoms with van der Waals surface area (Å²) in [6.07, 6.45) is 1.89. The largest absolute Gasteiger partial charge is 0.438 e. The van der Waals surface area contributed by atoms with Gasteiger partial charge in [0.1, 0.15) is 5.75 Å². The highest BCUT2D eigenvalue weighted by atomic mass is 16.5. The number of hydrogen-bond acceptors (Lipinski definition) is 3. The number of fused-ring (bicyclic) bond motifs is 3. The van der Waals surface area contributed by atoms with Crippen LogP contribution in [-0.2, 0) is 5.41 Å². The number of rotatable bonds is 0. The van der Waals surface area contributed by atoms with Gasteiger partial charge in [0, 0.05) is 11.6 Å². The molecule has 0 amide bonds. The van der Waals surface area contributed by atoms with E-state index in [2.05, 4.69) is 50.0 Å². The minimum absolute atomic E-state index is 0.0546. The lowest BCUT2D eigenvalue weighted by Crippen LogP contribution is -2.12. The fraction of sp³-hybridized carbons (Fsp3) is 0.182. The Bertz CT molecular complexity index is 1160. The Labute approximate surface area is 146 Å². The number of nitrogens with zero attached hydrogens (tertiary/aromatic N) is 2. The Hall–Kier alpha value is -2.94. The maximum atomic E-state index is 6.17. The predicted molar refractivity (Wildman–Crippen MR) is 101 cm³/mol. The zero-order valence-corrected chi connectivity index (χ0v) is 14.5. The van der Waals surface area contributed by atoms with Crippen LogP contribution in [0.2, 0.25) is 0 Å². The third-order valence-corrected chi connectivity index (χ3v) is 4.85. The van der Waals surface area contributed by atoms with E-state index in [1.54, 1.807) is 0 Å². The Kier molecular flexibility index (Phi) is 2.76. The Morgan fingerprint density at radius 1 is 0.960 bits per heavy atom. The topological polar surface area (TPSA) is 35.0 Å². The van der Waals surface area contributed by atoms with Crippen molar-refractivity contribution in [3.05, 3.63) is 60.3 Å². The van der Waals surface area contributed by atoms with Crippen molar-refractivity contribution in [2.75, 3.05) is 0 Å². The number of ether oxygens (including phenoxy) is 1. The molecule has 3 heteroatoms. The average Bonchev–Trinajstić information content (AvgIpc) is 2.59. The van der Waals surface area contributed by atoms with E-state index in [0.717, 1.165) is 33.3 Å². The fourth-order valence-electron chi connectivity index (χ4n) is 3.66. The summed E-state index contributed by atoms with van der Waals surface area (Å²) in [5.74, 6) is 1.47. The van der Waals surface area contributed by atoms with E-state index < -0.39 is 0 Å². The smallest absolute Gasteiger partial charge is 0.229 e. The molecule has 2 aromatic heterocycles. The van der Waals surface area contributed by atoms with Crippen LogP contribution in [0.15, 0.2) is 54.7 Å². The molecule has 3 nitrogen and oxygen atoms in total. The standard InChI is InChI=1S/C22H18N2O/c1-22(2,3)16-8-9-18-19-14(16)10-11-23-20(19)15-12-13-6-4-5-7-17(13)24-21(15)25-18/h4-12H,1-3H3. The van der Waals surface area contributed by atoms with E-state index >= 15 is 0 Å². The molecule has 3 heterocycles.